The number of nitrogens with two attached hydrogens (primary N) is 1. The molecule has 1 aliphatic heterocycles. The number of rotatable bonds is 9. The number of nitrogens with zero attached hydrogens (tertiary/aromatic N) is 7. The number of piperazine rings is 1. The van der Waals surface area contributed by atoms with Gasteiger partial charge in [0.2, 0.25) is 11.8 Å². The summed E-state index contributed by atoms with van der Waals surface area (Å²) in [5.41, 5.74) is 7.86. The van der Waals surface area contributed by atoms with Gasteiger partial charge in [-0.1, -0.05) is 11.3 Å². The van der Waals surface area contributed by atoms with Gasteiger partial charge in [-0.2, -0.15) is 9.50 Å². The SMILES string of the molecule is Nc1nc2c(sc(=O)n2CCN2CCN(c3ccc(C(=O)CCCO)cc3F)CC2)c2nc(-c3ccco3)nn12. The zero-order chi connectivity index (χ0) is 27.8. The Labute approximate surface area is 231 Å². The first kappa shape index (κ1) is 26.1. The van der Waals surface area contributed by atoms with E-state index in [2.05, 4.69) is 20.0 Å². The van der Waals surface area contributed by atoms with Crippen LogP contribution < -0.4 is 15.5 Å². The molecule has 1 fully saturated rings. The smallest absolute Gasteiger partial charge is 0.309 e. The second-order valence-corrected chi connectivity index (χ2v) is 10.5. The maximum absolute atomic E-state index is 14.8. The van der Waals surface area contributed by atoms with Gasteiger partial charge in [0, 0.05) is 57.9 Å². The second-order valence-electron chi connectivity index (χ2n) is 9.54. The lowest BCUT2D eigenvalue weighted by atomic mass is 10.1. The minimum absolute atomic E-state index is 0.0718. The lowest BCUT2D eigenvalue weighted by Gasteiger charge is -2.36. The predicted octanol–water partition coefficient (Wildman–Crippen LogP) is 2.26. The van der Waals surface area contributed by atoms with Crippen molar-refractivity contribution >= 4 is 44.8 Å². The molecule has 0 unspecified atom stereocenters. The molecule has 4 aromatic heterocycles. The molecule has 6 rings (SSSR count). The van der Waals surface area contributed by atoms with Gasteiger partial charge >= 0.3 is 4.87 Å². The largest absolute Gasteiger partial charge is 0.461 e. The number of fused-ring (bicyclic) bond motifs is 3. The molecule has 14 heteroatoms. The normalized spacial score (nSPS) is 14.5. The zero-order valence-corrected chi connectivity index (χ0v) is 22.3. The van der Waals surface area contributed by atoms with Gasteiger partial charge in [-0.3, -0.25) is 19.1 Å². The maximum Gasteiger partial charge on any atom is 0.309 e. The molecule has 0 amide bonds. The molecule has 5 aromatic rings. The Morgan fingerprint density at radius 1 is 1.12 bits per heavy atom. The van der Waals surface area contributed by atoms with Gasteiger partial charge in [0.1, 0.15) is 10.5 Å². The van der Waals surface area contributed by atoms with Crippen LogP contribution in [0, 0.1) is 5.82 Å². The molecule has 0 atom stereocenters. The van der Waals surface area contributed by atoms with Crippen molar-refractivity contribution in [3.05, 3.63) is 57.6 Å². The molecule has 0 aliphatic carbocycles. The third kappa shape index (κ3) is 4.85. The van der Waals surface area contributed by atoms with E-state index in [9.17, 15) is 14.0 Å². The fourth-order valence-corrected chi connectivity index (χ4v) is 5.84. The predicted molar refractivity (Wildman–Crippen MR) is 148 cm³/mol. The number of aliphatic hydroxyl groups is 1. The summed E-state index contributed by atoms with van der Waals surface area (Å²) in [6, 6.07) is 8.05. The van der Waals surface area contributed by atoms with Crippen LogP contribution in [0.25, 0.3) is 27.6 Å². The van der Waals surface area contributed by atoms with Crippen LogP contribution >= 0.6 is 11.3 Å². The Bertz CT molecular complexity index is 1740. The molecule has 3 N–H and O–H groups in total. The second kappa shape index (κ2) is 10.8. The van der Waals surface area contributed by atoms with Crippen LogP contribution in [0.3, 0.4) is 0 Å². The number of Topliss-reactive ketones (excluding diaryl/α,β-unsaturated/α-hetero) is 1. The number of thiazole rings is 1. The van der Waals surface area contributed by atoms with Crippen LogP contribution in [0.15, 0.2) is 45.8 Å². The lowest BCUT2D eigenvalue weighted by Crippen LogP contribution is -2.47. The minimum atomic E-state index is -0.432. The van der Waals surface area contributed by atoms with Crippen molar-refractivity contribution in [3.8, 4) is 11.6 Å². The average Bonchev–Trinajstić information content (AvgIpc) is 3.70. The number of anilines is 2. The van der Waals surface area contributed by atoms with Gasteiger partial charge in [-0.25, -0.2) is 9.37 Å². The highest BCUT2D eigenvalue weighted by Gasteiger charge is 2.23. The van der Waals surface area contributed by atoms with E-state index in [-0.39, 0.29) is 29.6 Å². The maximum atomic E-state index is 14.8. The van der Waals surface area contributed by atoms with Crippen LogP contribution in [0.1, 0.15) is 23.2 Å². The number of benzene rings is 1. The van der Waals surface area contributed by atoms with Crippen LogP contribution in [0.2, 0.25) is 0 Å². The van der Waals surface area contributed by atoms with Crippen molar-refractivity contribution in [1.29, 1.82) is 0 Å². The van der Waals surface area contributed by atoms with E-state index in [1.807, 2.05) is 4.90 Å². The summed E-state index contributed by atoms with van der Waals surface area (Å²) < 4.78 is 23.9. The summed E-state index contributed by atoms with van der Waals surface area (Å²) in [6.07, 6.45) is 2.08. The van der Waals surface area contributed by atoms with Crippen molar-refractivity contribution < 1.29 is 18.7 Å². The van der Waals surface area contributed by atoms with Gasteiger partial charge in [-0.05, 0) is 36.8 Å². The first-order valence-corrected chi connectivity index (χ1v) is 13.7. The summed E-state index contributed by atoms with van der Waals surface area (Å²) in [7, 11) is 0. The topological polar surface area (TPSA) is 148 Å². The van der Waals surface area contributed by atoms with Crippen LogP contribution in [0.5, 0.6) is 0 Å². The van der Waals surface area contributed by atoms with Crippen molar-refractivity contribution in [1.82, 2.24) is 29.0 Å². The number of carbonyl (C=O) groups excluding carboxylic acids is 1. The zero-order valence-electron chi connectivity index (χ0n) is 21.5. The molecule has 0 radical (unpaired) electrons. The van der Waals surface area contributed by atoms with Gasteiger partial charge in [0.05, 0.1) is 12.0 Å². The standard InChI is InChI=1S/C26H27FN8O4S/c27-17-15-16(19(37)3-1-13-36)5-6-18(17)33-10-7-32(8-11-33)9-12-34-23-21(40-26(34)38)24-29-22(20-4-2-14-39-20)31-35(24)25(28)30-23/h2,4-6,14-15,36H,1,3,7-13H2,(H2,28,30). The molecule has 40 heavy (non-hydrogen) atoms. The summed E-state index contributed by atoms with van der Waals surface area (Å²) >= 11 is 1.05. The van der Waals surface area contributed by atoms with Crippen molar-refractivity contribution in [2.75, 3.05) is 50.0 Å². The van der Waals surface area contributed by atoms with Crippen molar-refractivity contribution in [2.45, 2.75) is 19.4 Å². The Morgan fingerprint density at radius 3 is 2.67 bits per heavy atom. The first-order valence-electron chi connectivity index (χ1n) is 12.9. The van der Waals surface area contributed by atoms with Gasteiger partial charge in [0.15, 0.2) is 22.8 Å². The lowest BCUT2D eigenvalue weighted by molar-refractivity contribution is 0.0971. The summed E-state index contributed by atoms with van der Waals surface area (Å²) in [6.45, 7) is 3.53. The number of nitrogen functional groups attached to an aromatic ring is 1. The number of furan rings is 1. The number of aromatic nitrogens is 5. The number of halogens is 1. The Hall–Kier alpha value is -4.14. The number of hydrogen-bond acceptors (Lipinski definition) is 11. The van der Waals surface area contributed by atoms with E-state index in [1.54, 1.807) is 28.8 Å². The van der Waals surface area contributed by atoms with E-state index < -0.39 is 5.82 Å². The first-order chi connectivity index (χ1) is 19.4. The highest BCUT2D eigenvalue weighted by molar-refractivity contribution is 7.17. The third-order valence-electron chi connectivity index (χ3n) is 7.04. The van der Waals surface area contributed by atoms with E-state index in [4.69, 9.17) is 15.3 Å². The quantitative estimate of drug-likeness (QED) is 0.255. The van der Waals surface area contributed by atoms with Crippen LogP contribution in [-0.4, -0.2) is 79.3 Å². The van der Waals surface area contributed by atoms with Crippen molar-refractivity contribution in [2.24, 2.45) is 0 Å². The summed E-state index contributed by atoms with van der Waals surface area (Å²) in [5, 5.41) is 13.3. The molecular formula is C26H27FN8O4S. The molecular weight excluding hydrogens is 539 g/mol. The van der Waals surface area contributed by atoms with Crippen molar-refractivity contribution in [3.63, 3.8) is 0 Å². The highest BCUT2D eigenvalue weighted by Crippen LogP contribution is 2.26. The molecule has 1 aromatic carbocycles. The van der Waals surface area contributed by atoms with Gasteiger partial charge in [-0.15, -0.1) is 5.10 Å². The van der Waals surface area contributed by atoms with E-state index in [0.29, 0.717) is 84.5 Å². The molecule has 0 saturated carbocycles. The van der Waals surface area contributed by atoms with Crippen LogP contribution in [-0.2, 0) is 6.54 Å². The minimum Gasteiger partial charge on any atom is -0.461 e. The fraction of sp³-hybridized carbons (Fsp3) is 0.346. The molecule has 1 saturated heterocycles. The summed E-state index contributed by atoms with van der Waals surface area (Å²) in [5.74, 6) is 0.356. The molecule has 1 aliphatic rings. The fourth-order valence-electron chi connectivity index (χ4n) is 4.91. The monoisotopic (exact) mass is 566 g/mol. The number of hydrogen-bond donors (Lipinski definition) is 2. The van der Waals surface area contributed by atoms with E-state index in [0.717, 1.165) is 11.3 Å². The molecule has 5 heterocycles. The molecule has 12 nitrogen and oxygen atoms in total. The highest BCUT2D eigenvalue weighted by atomic mass is 32.1. The Morgan fingerprint density at radius 2 is 1.95 bits per heavy atom. The number of aliphatic hydroxyl groups excluding tert-OH is 1. The number of carbonyl (C=O) groups is 1. The van der Waals surface area contributed by atoms with Crippen LogP contribution in [0.4, 0.5) is 16.0 Å². The molecule has 0 bridgehead atoms. The van der Waals surface area contributed by atoms with Gasteiger partial charge in [0.25, 0.3) is 0 Å². The summed E-state index contributed by atoms with van der Waals surface area (Å²) in [4.78, 5) is 38.1. The Balaban J connectivity index is 1.13. The van der Waals surface area contributed by atoms with Gasteiger partial charge < -0.3 is 20.2 Å². The molecule has 208 valence electrons. The average molecular weight is 567 g/mol. The van der Waals surface area contributed by atoms with E-state index >= 15 is 0 Å². The Kier molecular flexibility index (Phi) is 7.04. The number of ketones is 1. The molecule has 0 spiro atoms. The third-order valence-corrected chi connectivity index (χ3v) is 8.01. The van der Waals surface area contributed by atoms with E-state index in [1.165, 1.54) is 16.8 Å².